The molecule has 0 bridgehead atoms. The number of ether oxygens (including phenoxy) is 3. The normalized spacial score (nSPS) is 13.1. The average molecular weight is 224 g/mol. The summed E-state index contributed by atoms with van der Waals surface area (Å²) in [5.74, 6) is 1.60. The van der Waals surface area contributed by atoms with Crippen molar-refractivity contribution in [3.8, 4) is 0 Å². The molecular weight excluding hydrogens is 204 g/mol. The number of rotatable bonds is 10. The summed E-state index contributed by atoms with van der Waals surface area (Å²) in [5.41, 5.74) is 0. The van der Waals surface area contributed by atoms with Crippen molar-refractivity contribution >= 4 is 11.8 Å². The molecule has 0 amide bonds. The number of thioether (sulfide) groups is 1. The Morgan fingerprint density at radius 2 is 1.86 bits per heavy atom. The van der Waals surface area contributed by atoms with Crippen molar-refractivity contribution in [1.29, 1.82) is 0 Å². The van der Waals surface area contributed by atoms with Crippen LogP contribution in [-0.4, -0.2) is 63.4 Å². The van der Waals surface area contributed by atoms with Crippen molar-refractivity contribution in [2.24, 2.45) is 0 Å². The smallest absolute Gasteiger partial charge is 0.0863 e. The summed E-state index contributed by atoms with van der Waals surface area (Å²) in [6.45, 7) is 2.21. The van der Waals surface area contributed by atoms with Crippen LogP contribution in [0.15, 0.2) is 0 Å². The van der Waals surface area contributed by atoms with Gasteiger partial charge in [0.15, 0.2) is 0 Å². The molecule has 4 nitrogen and oxygen atoms in total. The van der Waals surface area contributed by atoms with Crippen molar-refractivity contribution in [2.45, 2.75) is 6.10 Å². The van der Waals surface area contributed by atoms with Crippen LogP contribution in [0.5, 0.6) is 0 Å². The molecule has 0 aromatic heterocycles. The first-order valence-electron chi connectivity index (χ1n) is 4.62. The van der Waals surface area contributed by atoms with Crippen molar-refractivity contribution in [3.05, 3.63) is 0 Å². The Bertz CT molecular complexity index is 101. The van der Waals surface area contributed by atoms with E-state index in [1.807, 2.05) is 0 Å². The average Bonchev–Trinajstić information content (AvgIpc) is 2.19. The number of aliphatic hydroxyl groups is 1. The number of hydrogen-bond acceptors (Lipinski definition) is 5. The highest BCUT2D eigenvalue weighted by Crippen LogP contribution is 2.02. The van der Waals surface area contributed by atoms with Crippen molar-refractivity contribution in [2.75, 3.05) is 52.2 Å². The molecule has 86 valence electrons. The van der Waals surface area contributed by atoms with Crippen LogP contribution in [0.25, 0.3) is 0 Å². The maximum absolute atomic E-state index is 9.42. The maximum Gasteiger partial charge on any atom is 0.0863 e. The third-order valence-electron chi connectivity index (χ3n) is 1.48. The van der Waals surface area contributed by atoms with Gasteiger partial charge in [0.25, 0.3) is 0 Å². The zero-order chi connectivity index (χ0) is 10.6. The molecule has 0 saturated heterocycles. The van der Waals surface area contributed by atoms with Crippen molar-refractivity contribution < 1.29 is 19.3 Å². The number of hydrogen-bond donors (Lipinski definition) is 1. The van der Waals surface area contributed by atoms with E-state index in [1.165, 1.54) is 0 Å². The van der Waals surface area contributed by atoms with Crippen LogP contribution in [0.2, 0.25) is 0 Å². The Balaban J connectivity index is 3.07. The van der Waals surface area contributed by atoms with E-state index in [1.54, 1.807) is 26.0 Å². The fourth-order valence-corrected chi connectivity index (χ4v) is 1.59. The summed E-state index contributed by atoms with van der Waals surface area (Å²) in [6, 6.07) is 0. The standard InChI is InChI=1S/C9H20O4S/c1-11-3-4-13-7-9(10)8-14-6-5-12-2/h9-10H,3-8H2,1-2H3. The van der Waals surface area contributed by atoms with E-state index in [2.05, 4.69) is 0 Å². The summed E-state index contributed by atoms with van der Waals surface area (Å²) in [4.78, 5) is 0. The second-order valence-corrected chi connectivity index (χ2v) is 3.94. The Morgan fingerprint density at radius 1 is 1.14 bits per heavy atom. The van der Waals surface area contributed by atoms with Gasteiger partial charge in [0.1, 0.15) is 0 Å². The zero-order valence-corrected chi connectivity index (χ0v) is 9.72. The van der Waals surface area contributed by atoms with E-state index < -0.39 is 6.10 Å². The summed E-state index contributed by atoms with van der Waals surface area (Å²) >= 11 is 1.66. The van der Waals surface area contributed by atoms with Gasteiger partial charge >= 0.3 is 0 Å². The van der Waals surface area contributed by atoms with E-state index in [0.29, 0.717) is 25.6 Å². The van der Waals surface area contributed by atoms with E-state index in [0.717, 1.165) is 12.4 Å². The van der Waals surface area contributed by atoms with E-state index in [9.17, 15) is 5.11 Å². The van der Waals surface area contributed by atoms with Crippen LogP contribution in [-0.2, 0) is 14.2 Å². The molecule has 1 N–H and O–H groups in total. The lowest BCUT2D eigenvalue weighted by Crippen LogP contribution is -2.20. The Kier molecular flexibility index (Phi) is 11.4. The van der Waals surface area contributed by atoms with E-state index in [4.69, 9.17) is 14.2 Å². The van der Waals surface area contributed by atoms with Crippen molar-refractivity contribution in [3.63, 3.8) is 0 Å². The van der Waals surface area contributed by atoms with Gasteiger partial charge in [-0.25, -0.2) is 0 Å². The van der Waals surface area contributed by atoms with Crippen molar-refractivity contribution in [1.82, 2.24) is 0 Å². The van der Waals surface area contributed by atoms with Gasteiger partial charge in [-0.3, -0.25) is 0 Å². The number of methoxy groups -OCH3 is 2. The van der Waals surface area contributed by atoms with Crippen LogP contribution in [0.4, 0.5) is 0 Å². The lowest BCUT2D eigenvalue weighted by atomic mass is 10.4. The molecule has 5 heteroatoms. The second kappa shape index (κ2) is 11.3. The first kappa shape index (κ1) is 14.2. The summed E-state index contributed by atoms with van der Waals surface area (Å²) in [6.07, 6.45) is -0.395. The predicted molar refractivity (Wildman–Crippen MR) is 57.9 cm³/mol. The largest absolute Gasteiger partial charge is 0.390 e. The van der Waals surface area contributed by atoms with Gasteiger partial charge in [0.05, 0.1) is 32.5 Å². The SMILES string of the molecule is COCCOCC(O)CSCCOC. The second-order valence-electron chi connectivity index (χ2n) is 2.79. The van der Waals surface area contributed by atoms with Crippen LogP contribution in [0.1, 0.15) is 0 Å². The summed E-state index contributed by atoms with van der Waals surface area (Å²) in [5, 5.41) is 9.42. The van der Waals surface area contributed by atoms with Gasteiger partial charge in [0.2, 0.25) is 0 Å². The van der Waals surface area contributed by atoms with Crippen LogP contribution < -0.4 is 0 Å². The quantitative estimate of drug-likeness (QED) is 0.544. The minimum Gasteiger partial charge on any atom is -0.390 e. The molecule has 0 fully saturated rings. The van der Waals surface area contributed by atoms with Crippen LogP contribution in [0.3, 0.4) is 0 Å². The van der Waals surface area contributed by atoms with Gasteiger partial charge in [-0.05, 0) is 0 Å². The van der Waals surface area contributed by atoms with E-state index >= 15 is 0 Å². The Morgan fingerprint density at radius 3 is 2.50 bits per heavy atom. The lowest BCUT2D eigenvalue weighted by molar-refractivity contribution is 0.0218. The molecule has 1 unspecified atom stereocenters. The maximum atomic E-state index is 9.42. The fraction of sp³-hybridized carbons (Fsp3) is 1.00. The Hall–Kier alpha value is 0.190. The molecule has 0 spiro atoms. The summed E-state index contributed by atoms with van der Waals surface area (Å²) < 4.78 is 14.9. The van der Waals surface area contributed by atoms with Gasteiger partial charge in [0, 0.05) is 25.7 Å². The van der Waals surface area contributed by atoms with Gasteiger partial charge in [-0.2, -0.15) is 11.8 Å². The highest BCUT2D eigenvalue weighted by Gasteiger charge is 2.03. The van der Waals surface area contributed by atoms with Gasteiger partial charge in [-0.15, -0.1) is 0 Å². The molecule has 0 radical (unpaired) electrons. The molecule has 0 aliphatic rings. The minimum absolute atomic E-state index is 0.378. The molecule has 14 heavy (non-hydrogen) atoms. The Labute approximate surface area is 89.9 Å². The topological polar surface area (TPSA) is 47.9 Å². The monoisotopic (exact) mass is 224 g/mol. The first-order chi connectivity index (χ1) is 6.81. The molecule has 0 rings (SSSR count). The highest BCUT2D eigenvalue weighted by molar-refractivity contribution is 7.99. The van der Waals surface area contributed by atoms with Gasteiger partial charge < -0.3 is 19.3 Å². The van der Waals surface area contributed by atoms with Crippen LogP contribution >= 0.6 is 11.8 Å². The van der Waals surface area contributed by atoms with Crippen LogP contribution in [0, 0.1) is 0 Å². The zero-order valence-electron chi connectivity index (χ0n) is 8.90. The molecule has 0 saturated carbocycles. The summed E-state index contributed by atoms with van der Waals surface area (Å²) in [7, 11) is 3.30. The molecule has 1 atom stereocenters. The molecule has 0 aromatic rings. The lowest BCUT2D eigenvalue weighted by Gasteiger charge is -2.10. The molecular formula is C9H20O4S. The first-order valence-corrected chi connectivity index (χ1v) is 5.78. The van der Waals surface area contributed by atoms with Gasteiger partial charge in [-0.1, -0.05) is 0 Å². The fourth-order valence-electron chi connectivity index (χ4n) is 0.771. The van der Waals surface area contributed by atoms with E-state index in [-0.39, 0.29) is 0 Å². The highest BCUT2D eigenvalue weighted by atomic mass is 32.2. The molecule has 0 aliphatic carbocycles. The molecule has 0 heterocycles. The third-order valence-corrected chi connectivity index (χ3v) is 2.56. The number of aliphatic hydroxyl groups excluding tert-OH is 1. The minimum atomic E-state index is -0.395. The third kappa shape index (κ3) is 10.3. The molecule has 0 aromatic carbocycles. The molecule has 0 aliphatic heterocycles. The predicted octanol–water partition coefficient (Wildman–Crippen LogP) is 0.390.